The molecular formula is C38H22N2O2S4. The summed E-state index contributed by atoms with van der Waals surface area (Å²) in [6, 6.07) is 29.1. The van der Waals surface area contributed by atoms with Crippen molar-refractivity contribution < 1.29 is 9.59 Å². The van der Waals surface area contributed by atoms with Gasteiger partial charge in [-0.3, -0.25) is 19.4 Å². The van der Waals surface area contributed by atoms with E-state index in [4.69, 9.17) is 0 Å². The number of carbonyl (C=O) groups is 2. The zero-order valence-corrected chi connectivity index (χ0v) is 27.4. The lowest BCUT2D eigenvalue weighted by Gasteiger charge is -2.28. The van der Waals surface area contributed by atoms with E-state index in [0.29, 0.717) is 22.5 Å². The van der Waals surface area contributed by atoms with Crippen molar-refractivity contribution in [1.29, 1.82) is 0 Å². The minimum Gasteiger partial charge on any atom is -0.281 e. The second-order valence-corrected chi connectivity index (χ2v) is 15.7. The molecule has 10 rings (SSSR count). The third-order valence-electron chi connectivity index (χ3n) is 8.94. The molecular weight excluding hydrogens is 645 g/mol. The number of allylic oxidation sites excluding steroid dienone is 1. The predicted molar refractivity (Wildman–Crippen MR) is 192 cm³/mol. The van der Waals surface area contributed by atoms with Crippen LogP contribution in [-0.4, -0.2) is 27.4 Å². The van der Waals surface area contributed by atoms with Crippen molar-refractivity contribution in [2.75, 3.05) is 5.75 Å². The summed E-state index contributed by atoms with van der Waals surface area (Å²) in [4.78, 5) is 39.5. The molecule has 0 spiro atoms. The summed E-state index contributed by atoms with van der Waals surface area (Å²) in [5, 5.41) is 2.08. The van der Waals surface area contributed by atoms with E-state index in [1.54, 1.807) is 43.8 Å². The number of rotatable bonds is 4. The van der Waals surface area contributed by atoms with Crippen LogP contribution in [0, 0.1) is 0 Å². The second-order valence-electron chi connectivity index (χ2n) is 11.5. The molecule has 3 aromatic heterocycles. The van der Waals surface area contributed by atoms with E-state index in [1.165, 1.54) is 14.7 Å². The molecule has 46 heavy (non-hydrogen) atoms. The first-order chi connectivity index (χ1) is 22.7. The number of hydrogen-bond donors (Lipinski definition) is 0. The summed E-state index contributed by atoms with van der Waals surface area (Å²) in [7, 11) is 0. The first-order valence-corrected chi connectivity index (χ1v) is 18.5. The molecule has 0 atom stereocenters. The highest BCUT2D eigenvalue weighted by Gasteiger charge is 2.52. The molecule has 0 N–H and O–H groups in total. The van der Waals surface area contributed by atoms with Gasteiger partial charge in [0.2, 0.25) is 0 Å². The van der Waals surface area contributed by atoms with Crippen molar-refractivity contribution >= 4 is 85.0 Å². The first kappa shape index (κ1) is 26.7. The topological polar surface area (TPSA) is 40.6 Å². The maximum Gasteiger partial charge on any atom is 0.265 e. The highest BCUT2D eigenvalue weighted by Crippen LogP contribution is 2.57. The second kappa shape index (κ2) is 10.0. The van der Waals surface area contributed by atoms with E-state index in [0.717, 1.165) is 60.2 Å². The average molecular weight is 667 g/mol. The maximum absolute atomic E-state index is 14.6. The smallest absolute Gasteiger partial charge is 0.265 e. The Morgan fingerprint density at radius 3 is 1.70 bits per heavy atom. The standard InChI is InChI=1S/C38H22N2O2S4/c41-37-32-31(33-35-23(17-29(45-35)27-13-7-15-43-27)25(19-39(33)37)21-9-3-1-4-10-21)38(42)40-20-26(22-11-5-2-6-12-22)24-18-30(28-14-8-16-44-28)46-36(24)34(32)40/h1-7,9-15,17-20H,8,16H2. The first-order valence-electron chi connectivity index (χ1n) is 15.0. The molecule has 2 aromatic carbocycles. The van der Waals surface area contributed by atoms with Crippen LogP contribution in [0.1, 0.15) is 43.3 Å². The molecule has 5 aromatic rings. The molecule has 4 nitrogen and oxygen atoms in total. The van der Waals surface area contributed by atoms with Gasteiger partial charge in [0.25, 0.3) is 11.8 Å². The number of thiophene rings is 3. The Labute approximate surface area is 281 Å². The molecule has 0 aliphatic carbocycles. The molecule has 8 heterocycles. The summed E-state index contributed by atoms with van der Waals surface area (Å²) in [6.45, 7) is 0. The fourth-order valence-corrected chi connectivity index (χ4v) is 11.3. The van der Waals surface area contributed by atoms with Crippen molar-refractivity contribution in [3.63, 3.8) is 0 Å². The molecule has 220 valence electrons. The highest BCUT2D eigenvalue weighted by atomic mass is 32.2. The Hall–Kier alpha value is -4.47. The van der Waals surface area contributed by atoms with Gasteiger partial charge in [-0.25, -0.2) is 0 Å². The van der Waals surface area contributed by atoms with Gasteiger partial charge in [0.15, 0.2) is 0 Å². The van der Waals surface area contributed by atoms with Gasteiger partial charge in [0.1, 0.15) is 0 Å². The summed E-state index contributed by atoms with van der Waals surface area (Å²) >= 11 is 6.93. The van der Waals surface area contributed by atoms with E-state index >= 15 is 0 Å². The Bertz CT molecular complexity index is 2310. The number of nitrogens with zero attached hydrogens (tertiary/aromatic N) is 2. The van der Waals surface area contributed by atoms with Crippen molar-refractivity contribution in [2.24, 2.45) is 0 Å². The monoisotopic (exact) mass is 666 g/mol. The van der Waals surface area contributed by atoms with Gasteiger partial charge in [-0.2, -0.15) is 0 Å². The summed E-state index contributed by atoms with van der Waals surface area (Å²) in [5.41, 5.74) is 8.65. The summed E-state index contributed by atoms with van der Waals surface area (Å²) < 4.78 is 0. The van der Waals surface area contributed by atoms with Crippen molar-refractivity contribution in [3.05, 3.63) is 157 Å². The van der Waals surface area contributed by atoms with Crippen LogP contribution in [0.5, 0.6) is 0 Å². The van der Waals surface area contributed by atoms with Crippen LogP contribution in [0.2, 0.25) is 0 Å². The van der Waals surface area contributed by atoms with Crippen molar-refractivity contribution in [2.45, 2.75) is 6.42 Å². The van der Waals surface area contributed by atoms with Crippen LogP contribution in [0.4, 0.5) is 0 Å². The summed E-state index contributed by atoms with van der Waals surface area (Å²) in [5.74, 6) is 0.787. The number of hydrogen-bond acceptors (Lipinski definition) is 6. The molecule has 0 unspecified atom stereocenters. The lowest BCUT2D eigenvalue weighted by molar-refractivity contribution is -0.122. The van der Waals surface area contributed by atoms with Crippen LogP contribution in [0.25, 0.3) is 37.2 Å². The van der Waals surface area contributed by atoms with Gasteiger partial charge in [-0.15, -0.1) is 45.8 Å². The molecule has 0 saturated carbocycles. The quantitative estimate of drug-likeness (QED) is 0.192. The number of amides is 2. The van der Waals surface area contributed by atoms with Gasteiger partial charge in [-0.1, -0.05) is 72.8 Å². The van der Waals surface area contributed by atoms with Crippen LogP contribution in [0.15, 0.2) is 120 Å². The van der Waals surface area contributed by atoms with E-state index in [1.807, 2.05) is 60.6 Å². The number of fused-ring (bicyclic) bond motifs is 7. The molecule has 8 heteroatoms. The third kappa shape index (κ3) is 3.72. The molecule has 5 aliphatic heterocycles. The Morgan fingerprint density at radius 2 is 1.17 bits per heavy atom. The molecule has 0 fully saturated rings. The Balaban J connectivity index is 1.23. The molecule has 0 bridgehead atoms. The molecule has 2 amide bonds. The lowest BCUT2D eigenvalue weighted by Crippen LogP contribution is -2.27. The Kier molecular flexibility index (Phi) is 5.82. The zero-order valence-electron chi connectivity index (χ0n) is 24.2. The van der Waals surface area contributed by atoms with Gasteiger partial charge >= 0.3 is 0 Å². The van der Waals surface area contributed by atoms with Crippen molar-refractivity contribution in [3.8, 4) is 9.75 Å². The Morgan fingerprint density at radius 1 is 0.609 bits per heavy atom. The van der Waals surface area contributed by atoms with Gasteiger partial charge in [-0.05, 0) is 41.1 Å². The van der Waals surface area contributed by atoms with Crippen LogP contribution in [-0.2, 0) is 9.59 Å². The summed E-state index contributed by atoms with van der Waals surface area (Å²) in [6.07, 6.45) is 7.26. The minimum atomic E-state index is -0.145. The molecule has 5 aliphatic rings. The SMILES string of the molecule is O=C1C2=C3c4sc(-c5cccs5)cc4C(c4ccccc4)=CN3C(=O)C2=C2c3sc(C4=CCCS4)cc3C(c3ccccc3)=CN12. The molecule has 0 saturated heterocycles. The van der Waals surface area contributed by atoms with Gasteiger partial charge in [0.05, 0.1) is 32.3 Å². The number of thioether (sulfide) groups is 1. The fourth-order valence-electron chi connectivity index (χ4n) is 6.91. The van der Waals surface area contributed by atoms with Crippen LogP contribution in [0.3, 0.4) is 0 Å². The van der Waals surface area contributed by atoms with E-state index in [9.17, 15) is 9.59 Å². The zero-order chi connectivity index (χ0) is 30.5. The minimum absolute atomic E-state index is 0.145. The lowest BCUT2D eigenvalue weighted by atomic mass is 9.94. The van der Waals surface area contributed by atoms with E-state index < -0.39 is 0 Å². The normalized spacial score (nSPS) is 18.0. The maximum atomic E-state index is 14.6. The highest BCUT2D eigenvalue weighted by molar-refractivity contribution is 8.08. The largest absolute Gasteiger partial charge is 0.281 e. The van der Waals surface area contributed by atoms with E-state index in [2.05, 4.69) is 60.0 Å². The third-order valence-corrected chi connectivity index (χ3v) is 13.6. The molecule has 0 radical (unpaired) electrons. The van der Waals surface area contributed by atoms with Gasteiger partial charge < -0.3 is 0 Å². The van der Waals surface area contributed by atoms with E-state index in [-0.39, 0.29) is 11.8 Å². The predicted octanol–water partition coefficient (Wildman–Crippen LogP) is 9.63. The van der Waals surface area contributed by atoms with Crippen LogP contribution < -0.4 is 0 Å². The van der Waals surface area contributed by atoms with Crippen LogP contribution >= 0.6 is 45.8 Å². The fraction of sp³-hybridized carbons (Fsp3) is 0.0526. The van der Waals surface area contributed by atoms with Gasteiger partial charge in [0, 0.05) is 60.0 Å². The number of benzene rings is 2. The van der Waals surface area contributed by atoms with Crippen molar-refractivity contribution in [1.82, 2.24) is 9.80 Å². The number of carbonyl (C=O) groups excluding carboxylic acids is 2. The average Bonchev–Trinajstić information content (AvgIpc) is 3.94.